The molecule has 3 rings (SSSR count). The molecule has 1 N–H and O–H groups in total. The fourth-order valence-corrected chi connectivity index (χ4v) is 4.62. The zero-order chi connectivity index (χ0) is 19.8. The highest BCUT2D eigenvalue weighted by Gasteiger charge is 2.10. The van der Waals surface area contributed by atoms with Crippen LogP contribution >= 0.6 is 34.4 Å². The van der Waals surface area contributed by atoms with Gasteiger partial charge < -0.3 is 4.74 Å². The van der Waals surface area contributed by atoms with Crippen molar-refractivity contribution in [3.05, 3.63) is 53.4 Å². The van der Waals surface area contributed by atoms with E-state index in [2.05, 4.69) is 27.6 Å². The fourth-order valence-electron chi connectivity index (χ4n) is 2.15. The summed E-state index contributed by atoms with van der Waals surface area (Å²) in [6.45, 7) is 2.10. The van der Waals surface area contributed by atoms with E-state index < -0.39 is 0 Å². The molecule has 0 saturated carbocycles. The maximum absolute atomic E-state index is 12.1. The van der Waals surface area contributed by atoms with E-state index in [9.17, 15) is 9.59 Å². The average molecular weight is 432 g/mol. The predicted molar refractivity (Wildman–Crippen MR) is 115 cm³/mol. The van der Waals surface area contributed by atoms with E-state index in [1.54, 1.807) is 24.3 Å². The second-order valence-electron chi connectivity index (χ2n) is 5.36. The summed E-state index contributed by atoms with van der Waals surface area (Å²) in [7, 11) is 0. The molecule has 1 amide bonds. The van der Waals surface area contributed by atoms with Crippen LogP contribution in [0, 0.1) is 0 Å². The molecule has 1 aromatic carbocycles. The summed E-state index contributed by atoms with van der Waals surface area (Å²) >= 11 is 4.06. The van der Waals surface area contributed by atoms with Crippen LogP contribution in [-0.4, -0.2) is 34.4 Å². The minimum Gasteiger partial charge on any atom is -0.465 e. The van der Waals surface area contributed by atoms with Crippen molar-refractivity contribution in [2.24, 2.45) is 0 Å². The lowest BCUT2D eigenvalue weighted by Gasteiger charge is -1.98. The summed E-state index contributed by atoms with van der Waals surface area (Å²) in [5.74, 6) is -0.423. The number of benzene rings is 1. The number of ether oxygens (including phenoxy) is 1. The highest BCUT2D eigenvalue weighted by atomic mass is 32.2. The lowest BCUT2D eigenvalue weighted by molar-refractivity contribution is -0.139. The summed E-state index contributed by atoms with van der Waals surface area (Å²) < 4.78 is 5.45. The lowest BCUT2D eigenvalue weighted by Crippen LogP contribution is -2.07. The second-order valence-corrected chi connectivity index (χ2v) is 8.67. The highest BCUT2D eigenvalue weighted by Crippen LogP contribution is 2.29. The maximum atomic E-state index is 12.1. The minimum atomic E-state index is -0.304. The fraction of sp³-hybridized carbons (Fsp3) is 0.158. The molecule has 0 bridgehead atoms. The first-order valence-corrected chi connectivity index (χ1v) is 11.0. The van der Waals surface area contributed by atoms with Crippen molar-refractivity contribution >= 4 is 57.5 Å². The molecule has 0 radical (unpaired) electrons. The van der Waals surface area contributed by atoms with Crippen molar-refractivity contribution in [1.82, 2.24) is 10.2 Å². The third-order valence-corrected chi connectivity index (χ3v) is 6.38. The van der Waals surface area contributed by atoms with Gasteiger partial charge >= 0.3 is 5.97 Å². The number of esters is 1. The Labute approximate surface area is 174 Å². The van der Waals surface area contributed by atoms with E-state index in [-0.39, 0.29) is 17.6 Å². The number of carbonyl (C=O) groups is 2. The van der Waals surface area contributed by atoms with E-state index >= 15 is 0 Å². The summed E-state index contributed by atoms with van der Waals surface area (Å²) in [5, 5.41) is 10.9. The molecular weight excluding hydrogens is 414 g/mol. The van der Waals surface area contributed by atoms with Crippen LogP contribution in [0.2, 0.25) is 0 Å². The molecule has 9 heteroatoms. The number of nitrogens with one attached hydrogen (secondary N) is 1. The molecule has 2 heterocycles. The first-order valence-electron chi connectivity index (χ1n) is 8.40. The molecule has 0 aliphatic carbocycles. The summed E-state index contributed by atoms with van der Waals surface area (Å²) in [6, 6.07) is 14.1. The molecule has 0 aliphatic rings. The predicted octanol–water partition coefficient (Wildman–Crippen LogP) is 4.57. The van der Waals surface area contributed by atoms with Crippen LogP contribution in [0.1, 0.15) is 11.8 Å². The van der Waals surface area contributed by atoms with Crippen LogP contribution in [0.3, 0.4) is 0 Å². The number of nitrogens with zero attached hydrogens (tertiary/aromatic N) is 2. The van der Waals surface area contributed by atoms with Crippen molar-refractivity contribution < 1.29 is 14.3 Å². The molecule has 28 heavy (non-hydrogen) atoms. The summed E-state index contributed by atoms with van der Waals surface area (Å²) in [6.07, 6.45) is 3.23. The van der Waals surface area contributed by atoms with Crippen molar-refractivity contribution in [3.8, 4) is 10.4 Å². The van der Waals surface area contributed by atoms with E-state index in [0.717, 1.165) is 15.3 Å². The third-order valence-electron chi connectivity index (χ3n) is 3.34. The monoisotopic (exact) mass is 431 g/mol. The first kappa shape index (κ1) is 20.2. The Morgan fingerprint density at radius 2 is 1.96 bits per heavy atom. The minimum absolute atomic E-state index is 0.165. The molecule has 0 fully saturated rings. The number of hydrogen-bond donors (Lipinski definition) is 1. The Bertz CT molecular complexity index is 967. The molecule has 144 valence electrons. The topological polar surface area (TPSA) is 81.2 Å². The average Bonchev–Trinajstić information content (AvgIpc) is 3.35. The SMILES string of the molecule is CCOC(=O)CSc1nnc(NC(=O)/C=C/c2ccc(-c3ccccc3)s2)s1. The smallest absolute Gasteiger partial charge is 0.316 e. The van der Waals surface area contributed by atoms with Crippen molar-refractivity contribution in [1.29, 1.82) is 0 Å². The van der Waals surface area contributed by atoms with Crippen LogP contribution in [-0.2, 0) is 14.3 Å². The number of rotatable bonds is 8. The molecule has 0 unspecified atom stereocenters. The van der Waals surface area contributed by atoms with Gasteiger partial charge in [0.25, 0.3) is 0 Å². The van der Waals surface area contributed by atoms with E-state index in [0.29, 0.717) is 16.1 Å². The molecule has 6 nitrogen and oxygen atoms in total. The zero-order valence-electron chi connectivity index (χ0n) is 15.0. The van der Waals surface area contributed by atoms with Crippen molar-refractivity contribution in [3.63, 3.8) is 0 Å². The first-order chi connectivity index (χ1) is 13.6. The number of thioether (sulfide) groups is 1. The van der Waals surface area contributed by atoms with Gasteiger partial charge in [0.2, 0.25) is 11.0 Å². The van der Waals surface area contributed by atoms with Gasteiger partial charge in [0.05, 0.1) is 12.4 Å². The normalized spacial score (nSPS) is 10.9. The number of aromatic nitrogens is 2. The zero-order valence-corrected chi connectivity index (χ0v) is 17.4. The Balaban J connectivity index is 1.52. The molecule has 0 aliphatic heterocycles. The Hall–Kier alpha value is -2.49. The molecule has 3 aromatic rings. The second kappa shape index (κ2) is 10.2. The standard InChI is InChI=1S/C19H17N3O3S3/c1-2-25-17(24)12-26-19-22-21-18(28-19)20-16(23)11-9-14-8-10-15(27-14)13-6-4-3-5-7-13/h3-11H,2,12H2,1H3,(H,20,21,23)/b11-9+. The molecule has 0 saturated heterocycles. The maximum Gasteiger partial charge on any atom is 0.316 e. The van der Waals surface area contributed by atoms with Gasteiger partial charge in [0.1, 0.15) is 0 Å². The number of anilines is 1. The van der Waals surface area contributed by atoms with Gasteiger partial charge in [-0.25, -0.2) is 0 Å². The van der Waals surface area contributed by atoms with Crippen LogP contribution < -0.4 is 5.32 Å². The van der Waals surface area contributed by atoms with Gasteiger partial charge in [0, 0.05) is 15.8 Å². The van der Waals surface area contributed by atoms with Gasteiger partial charge in [-0.15, -0.1) is 21.5 Å². The number of thiophene rings is 1. The van der Waals surface area contributed by atoms with Crippen LogP contribution in [0.5, 0.6) is 0 Å². The highest BCUT2D eigenvalue weighted by molar-refractivity contribution is 8.01. The molecule has 0 atom stereocenters. The van der Waals surface area contributed by atoms with Crippen LogP contribution in [0.25, 0.3) is 16.5 Å². The molecule has 0 spiro atoms. The van der Waals surface area contributed by atoms with Gasteiger partial charge in [-0.1, -0.05) is 53.4 Å². The van der Waals surface area contributed by atoms with Gasteiger partial charge in [-0.2, -0.15) is 0 Å². The Morgan fingerprint density at radius 3 is 2.75 bits per heavy atom. The Morgan fingerprint density at radius 1 is 1.14 bits per heavy atom. The van der Waals surface area contributed by atoms with Gasteiger partial charge in [0.15, 0.2) is 4.34 Å². The molecule has 2 aromatic heterocycles. The largest absolute Gasteiger partial charge is 0.465 e. The van der Waals surface area contributed by atoms with Gasteiger partial charge in [-0.3, -0.25) is 14.9 Å². The number of amides is 1. The van der Waals surface area contributed by atoms with E-state index in [1.807, 2.05) is 30.3 Å². The quantitative estimate of drug-likeness (QED) is 0.243. The van der Waals surface area contributed by atoms with Crippen molar-refractivity contribution in [2.75, 3.05) is 17.7 Å². The van der Waals surface area contributed by atoms with E-state index in [1.165, 1.54) is 29.2 Å². The molecular formula is C19H17N3O3S3. The van der Waals surface area contributed by atoms with Crippen LogP contribution in [0.4, 0.5) is 5.13 Å². The Kier molecular flexibility index (Phi) is 7.35. The third kappa shape index (κ3) is 6.01. The number of carbonyl (C=O) groups excluding carboxylic acids is 2. The number of hydrogen-bond acceptors (Lipinski definition) is 8. The summed E-state index contributed by atoms with van der Waals surface area (Å²) in [5.41, 5.74) is 1.15. The van der Waals surface area contributed by atoms with Crippen LogP contribution in [0.15, 0.2) is 52.9 Å². The van der Waals surface area contributed by atoms with Gasteiger partial charge in [-0.05, 0) is 30.7 Å². The summed E-state index contributed by atoms with van der Waals surface area (Å²) in [4.78, 5) is 25.6. The lowest BCUT2D eigenvalue weighted by atomic mass is 10.2. The van der Waals surface area contributed by atoms with Crippen molar-refractivity contribution in [2.45, 2.75) is 11.3 Å². The van der Waals surface area contributed by atoms with E-state index in [4.69, 9.17) is 4.74 Å².